The third-order valence-corrected chi connectivity index (χ3v) is 14.3. The fourth-order valence-corrected chi connectivity index (χ4v) is 7.31. The smallest absolute Gasteiger partial charge is 0.407 e. The Balaban J connectivity index is 1.87. The number of halogens is 3. The molecule has 11 atom stereocenters. The Morgan fingerprint density at radius 2 is 1.37 bits per heavy atom. The summed E-state index contributed by atoms with van der Waals surface area (Å²) in [5.74, 6) is -3.21. The van der Waals surface area contributed by atoms with Gasteiger partial charge in [-0.25, -0.2) is 4.79 Å². The Labute approximate surface area is 346 Å². The van der Waals surface area contributed by atoms with Gasteiger partial charge in [-0.1, -0.05) is 85.9 Å². The first-order valence-electron chi connectivity index (χ1n) is 18.1. The van der Waals surface area contributed by atoms with Crippen molar-refractivity contribution in [2.45, 2.75) is 138 Å². The van der Waals surface area contributed by atoms with Gasteiger partial charge in [-0.2, -0.15) is 0 Å². The third-order valence-electron chi connectivity index (χ3n) is 9.52. The number of benzene rings is 1. The van der Waals surface area contributed by atoms with Gasteiger partial charge in [0.05, 0.1) is 6.61 Å². The number of alkyl halides is 3. The van der Waals surface area contributed by atoms with Crippen LogP contribution in [0.1, 0.15) is 60.3 Å². The van der Waals surface area contributed by atoms with E-state index < -0.39 is 123 Å². The molecule has 0 saturated carbocycles. The number of hydrogen-bond acceptors (Lipinski definition) is 16. The van der Waals surface area contributed by atoms with Crippen LogP contribution in [0.5, 0.6) is 0 Å². The topological polar surface area (TPSA) is 199 Å². The first kappa shape index (κ1) is 46.9. The van der Waals surface area contributed by atoms with Crippen molar-refractivity contribution < 1.29 is 75.8 Å². The van der Waals surface area contributed by atoms with E-state index in [1.807, 2.05) is 39.9 Å². The maximum absolute atomic E-state index is 13.5. The number of amides is 1. The average Bonchev–Trinajstić information content (AvgIpc) is 3.09. The molecule has 4 rings (SSSR count). The Kier molecular flexibility index (Phi) is 16.1. The molecule has 3 aliphatic rings. The second kappa shape index (κ2) is 19.5. The summed E-state index contributed by atoms with van der Waals surface area (Å²) < 4.78 is 64.3. The van der Waals surface area contributed by atoms with Crippen LogP contribution < -0.4 is 5.32 Å². The summed E-state index contributed by atoms with van der Waals surface area (Å²) in [6, 6.07) is 7.69. The predicted molar refractivity (Wildman–Crippen MR) is 202 cm³/mol. The summed E-state index contributed by atoms with van der Waals surface area (Å²) >= 11 is 17.7. The molecule has 0 radical (unpaired) electrons. The molecule has 0 aromatic heterocycles. The first-order valence-corrected chi connectivity index (χ1v) is 22.1. The molecule has 57 heavy (non-hydrogen) atoms. The average molecular weight is 887 g/mol. The molecule has 1 aromatic rings. The monoisotopic (exact) mass is 885 g/mol. The minimum atomic E-state index is -2.73. The number of hydrogen-bond donors (Lipinski definition) is 1. The standard InChI is InChI=1S/C36H50Cl3NO16Si/c1-18(41)46-15-23-27(49-19(2)42)29(50-20(3)43)30(51-21(4)44)33(53-23)55-28-25(40-34(45)48-17-36(37,38)39)32(56-57(8,9)35(5,6)7)52-24-16-47-31(54-26(24)28)22-13-11-10-12-14-22/h10-14,23-33H,15-17H2,1-9H3,(H,40,45)/t23-,24-,25-,26-,27-,28-,29+,30-,31-,32+,33+/m1/s1. The molecule has 0 aliphatic carbocycles. The second-order valence-electron chi connectivity index (χ2n) is 15.1. The van der Waals surface area contributed by atoms with Gasteiger partial charge in [-0.05, 0) is 18.1 Å². The second-order valence-corrected chi connectivity index (χ2v) is 22.4. The van der Waals surface area contributed by atoms with E-state index in [2.05, 4.69) is 5.32 Å². The van der Waals surface area contributed by atoms with E-state index >= 15 is 0 Å². The Morgan fingerprint density at radius 1 is 0.772 bits per heavy atom. The summed E-state index contributed by atoms with van der Waals surface area (Å²) in [5.41, 5.74) is 0.647. The Hall–Kier alpha value is -2.78. The van der Waals surface area contributed by atoms with Gasteiger partial charge in [0.15, 0.2) is 45.5 Å². The Morgan fingerprint density at radius 3 is 1.93 bits per heavy atom. The molecule has 17 nitrogen and oxygen atoms in total. The van der Waals surface area contributed by atoms with Gasteiger partial charge in [-0.15, -0.1) is 0 Å². The van der Waals surface area contributed by atoms with Crippen LogP contribution in [0.15, 0.2) is 30.3 Å². The van der Waals surface area contributed by atoms with E-state index in [0.717, 1.165) is 27.7 Å². The molecule has 21 heteroatoms. The number of carbonyl (C=O) groups is 5. The van der Waals surface area contributed by atoms with Crippen LogP contribution in [0.2, 0.25) is 18.1 Å². The molecule has 320 valence electrons. The summed E-state index contributed by atoms with van der Waals surface area (Å²) in [6.07, 6.45) is -14.3. The third kappa shape index (κ3) is 13.1. The van der Waals surface area contributed by atoms with E-state index in [1.165, 1.54) is 0 Å². The summed E-state index contributed by atoms with van der Waals surface area (Å²) in [4.78, 5) is 63.0. The molecule has 0 spiro atoms. The molecule has 1 aromatic carbocycles. The minimum Gasteiger partial charge on any atom is -0.463 e. The van der Waals surface area contributed by atoms with Crippen molar-refractivity contribution in [1.82, 2.24) is 5.32 Å². The molecule has 0 bridgehead atoms. The van der Waals surface area contributed by atoms with Crippen molar-refractivity contribution in [2.24, 2.45) is 0 Å². The lowest BCUT2D eigenvalue weighted by Crippen LogP contribution is -2.71. The van der Waals surface area contributed by atoms with Crippen LogP contribution in [-0.4, -0.2) is 123 Å². The number of ether oxygens (including phenoxy) is 10. The van der Waals surface area contributed by atoms with Gasteiger partial charge in [0.2, 0.25) is 3.79 Å². The van der Waals surface area contributed by atoms with Crippen LogP contribution in [0.25, 0.3) is 0 Å². The van der Waals surface area contributed by atoms with Crippen molar-refractivity contribution in [3.8, 4) is 0 Å². The highest BCUT2D eigenvalue weighted by Crippen LogP contribution is 2.42. The number of rotatable bonds is 12. The number of fused-ring (bicyclic) bond motifs is 1. The van der Waals surface area contributed by atoms with Gasteiger partial charge in [0.1, 0.15) is 43.7 Å². The van der Waals surface area contributed by atoms with E-state index in [1.54, 1.807) is 24.3 Å². The largest absolute Gasteiger partial charge is 0.463 e. The summed E-state index contributed by atoms with van der Waals surface area (Å²) in [5, 5.41) is 2.37. The number of carbonyl (C=O) groups excluding carboxylic acids is 5. The van der Waals surface area contributed by atoms with Gasteiger partial charge in [0, 0.05) is 33.3 Å². The molecule has 3 heterocycles. The number of esters is 4. The molecular weight excluding hydrogens is 837 g/mol. The zero-order chi connectivity index (χ0) is 42.5. The lowest BCUT2D eigenvalue weighted by molar-refractivity contribution is -0.373. The van der Waals surface area contributed by atoms with Crippen molar-refractivity contribution in [3.63, 3.8) is 0 Å². The summed E-state index contributed by atoms with van der Waals surface area (Å²) in [6.45, 7) is 13.2. The number of alkyl carbamates (subject to hydrolysis) is 1. The zero-order valence-corrected chi connectivity index (χ0v) is 36.3. The van der Waals surface area contributed by atoms with E-state index in [-0.39, 0.29) is 11.6 Å². The fraction of sp³-hybridized carbons (Fsp3) is 0.694. The maximum Gasteiger partial charge on any atom is 0.407 e. The molecular formula is C36H50Cl3NO16Si. The van der Waals surface area contributed by atoms with Crippen LogP contribution >= 0.6 is 34.8 Å². The van der Waals surface area contributed by atoms with Crippen LogP contribution in [0.4, 0.5) is 4.79 Å². The SMILES string of the molecule is CC(=O)OC[C@H]1O[C@@H](O[C@@H]2[C@@H](NC(=O)OCC(Cl)(Cl)Cl)[C@H](O[Si](C)(C)C(C)(C)C)O[C@@H]3CO[C@@H](c4ccccc4)O[C@@H]23)[C@H](OC(C)=O)[C@@H](OC(C)=O)[C@@H]1OC(C)=O. The van der Waals surface area contributed by atoms with E-state index in [4.69, 9.17) is 86.6 Å². The lowest BCUT2D eigenvalue weighted by atomic mass is 9.94. The highest BCUT2D eigenvalue weighted by molar-refractivity contribution is 6.74. The van der Waals surface area contributed by atoms with Crippen molar-refractivity contribution in [2.75, 3.05) is 19.8 Å². The molecule has 3 aliphatic heterocycles. The predicted octanol–water partition coefficient (Wildman–Crippen LogP) is 4.78. The molecule has 0 unspecified atom stereocenters. The van der Waals surface area contributed by atoms with Crippen LogP contribution in [0.3, 0.4) is 0 Å². The van der Waals surface area contributed by atoms with E-state index in [9.17, 15) is 24.0 Å². The van der Waals surface area contributed by atoms with Crippen molar-refractivity contribution in [3.05, 3.63) is 35.9 Å². The summed E-state index contributed by atoms with van der Waals surface area (Å²) in [7, 11) is -2.73. The molecule has 3 fully saturated rings. The minimum absolute atomic E-state index is 0.0372. The van der Waals surface area contributed by atoms with Gasteiger partial charge >= 0.3 is 30.0 Å². The van der Waals surface area contributed by atoms with Gasteiger partial charge in [0.25, 0.3) is 0 Å². The lowest BCUT2D eigenvalue weighted by Gasteiger charge is -2.53. The van der Waals surface area contributed by atoms with Crippen molar-refractivity contribution in [1.29, 1.82) is 0 Å². The normalized spacial score (nSPS) is 30.6. The van der Waals surface area contributed by atoms with Crippen molar-refractivity contribution >= 4 is 73.1 Å². The highest BCUT2D eigenvalue weighted by atomic mass is 35.6. The molecule has 1 N–H and O–H groups in total. The Bertz CT molecular complexity index is 1580. The molecule has 1 amide bonds. The van der Waals surface area contributed by atoms with Crippen LogP contribution in [-0.2, 0) is 71.0 Å². The van der Waals surface area contributed by atoms with Gasteiger partial charge < -0.3 is 57.1 Å². The molecule has 3 saturated heterocycles. The highest BCUT2D eigenvalue weighted by Gasteiger charge is 2.58. The first-order chi connectivity index (χ1) is 26.5. The number of nitrogens with one attached hydrogen (secondary N) is 1. The van der Waals surface area contributed by atoms with E-state index in [0.29, 0.717) is 5.56 Å². The quantitative estimate of drug-likeness (QED) is 0.130. The van der Waals surface area contributed by atoms with Gasteiger partial charge in [-0.3, -0.25) is 19.2 Å². The maximum atomic E-state index is 13.5. The fourth-order valence-electron chi connectivity index (χ4n) is 6.01. The van der Waals surface area contributed by atoms with Crippen LogP contribution in [0, 0.1) is 0 Å². The zero-order valence-electron chi connectivity index (χ0n) is 33.0.